The van der Waals surface area contributed by atoms with E-state index in [0.717, 1.165) is 24.0 Å². The molecule has 2 heterocycles. The summed E-state index contributed by atoms with van der Waals surface area (Å²) >= 11 is 0. The molecule has 1 N–H and O–H groups in total. The van der Waals surface area contributed by atoms with E-state index in [2.05, 4.69) is 15.3 Å². The number of benzene rings is 1. The number of nitrogens with zero attached hydrogens (tertiary/aromatic N) is 2. The molecule has 0 spiro atoms. The first-order chi connectivity index (χ1) is 12.2. The van der Waals surface area contributed by atoms with Crippen LogP contribution in [0.5, 0.6) is 0 Å². The number of furan rings is 1. The lowest BCUT2D eigenvalue weighted by atomic mass is 9.95. The average Bonchev–Trinajstić information content (AvgIpc) is 3.27. The van der Waals surface area contributed by atoms with Crippen LogP contribution in [0.3, 0.4) is 0 Å². The zero-order chi connectivity index (χ0) is 17.3. The SMILES string of the molecule is O=C(NCc1nccnc1-c1ccoc1)C1(c2ccc(F)cc2)CC1. The molecule has 3 aromatic rings. The lowest BCUT2D eigenvalue weighted by Gasteiger charge is -2.16. The Morgan fingerprint density at radius 3 is 2.60 bits per heavy atom. The summed E-state index contributed by atoms with van der Waals surface area (Å²) in [5, 5.41) is 2.95. The largest absolute Gasteiger partial charge is 0.472 e. The molecule has 1 saturated carbocycles. The Labute approximate surface area is 143 Å². The first-order valence-electron chi connectivity index (χ1n) is 8.06. The summed E-state index contributed by atoms with van der Waals surface area (Å²) in [6.07, 6.45) is 7.89. The van der Waals surface area contributed by atoms with E-state index in [1.54, 1.807) is 43.1 Å². The lowest BCUT2D eigenvalue weighted by molar-refractivity contribution is -0.123. The van der Waals surface area contributed by atoms with E-state index in [1.807, 2.05) is 0 Å². The van der Waals surface area contributed by atoms with Crippen molar-refractivity contribution in [3.8, 4) is 11.3 Å². The molecule has 1 amide bonds. The summed E-state index contributed by atoms with van der Waals surface area (Å²) < 4.78 is 18.2. The molecular formula is C19H16FN3O2. The number of halogens is 1. The zero-order valence-electron chi connectivity index (χ0n) is 13.4. The third-order valence-corrected chi connectivity index (χ3v) is 4.57. The third-order valence-electron chi connectivity index (χ3n) is 4.57. The van der Waals surface area contributed by atoms with Crippen molar-refractivity contribution in [1.29, 1.82) is 0 Å². The van der Waals surface area contributed by atoms with Crippen molar-refractivity contribution in [1.82, 2.24) is 15.3 Å². The monoisotopic (exact) mass is 337 g/mol. The molecule has 5 nitrogen and oxygen atoms in total. The van der Waals surface area contributed by atoms with Gasteiger partial charge < -0.3 is 9.73 Å². The van der Waals surface area contributed by atoms with E-state index in [9.17, 15) is 9.18 Å². The summed E-state index contributed by atoms with van der Waals surface area (Å²) in [6.45, 7) is 0.274. The van der Waals surface area contributed by atoms with Gasteiger partial charge in [0.05, 0.1) is 35.9 Å². The van der Waals surface area contributed by atoms with Gasteiger partial charge in [-0.15, -0.1) is 0 Å². The van der Waals surface area contributed by atoms with Crippen LogP contribution >= 0.6 is 0 Å². The van der Waals surface area contributed by atoms with Gasteiger partial charge in [-0.2, -0.15) is 0 Å². The number of amides is 1. The number of rotatable bonds is 5. The van der Waals surface area contributed by atoms with E-state index in [0.29, 0.717) is 11.4 Å². The molecule has 1 fully saturated rings. The summed E-state index contributed by atoms with van der Waals surface area (Å²) in [5.41, 5.74) is 2.47. The molecule has 0 aliphatic heterocycles. The molecule has 2 aromatic heterocycles. The van der Waals surface area contributed by atoms with Gasteiger partial charge in [-0.25, -0.2) is 4.39 Å². The molecule has 126 valence electrons. The van der Waals surface area contributed by atoms with Crippen LogP contribution < -0.4 is 5.32 Å². The van der Waals surface area contributed by atoms with E-state index >= 15 is 0 Å². The maximum Gasteiger partial charge on any atom is 0.230 e. The first-order valence-corrected chi connectivity index (χ1v) is 8.06. The van der Waals surface area contributed by atoms with E-state index in [1.165, 1.54) is 12.1 Å². The minimum absolute atomic E-state index is 0.0668. The Kier molecular flexibility index (Phi) is 3.80. The minimum Gasteiger partial charge on any atom is -0.472 e. The summed E-state index contributed by atoms with van der Waals surface area (Å²) in [6, 6.07) is 7.95. The smallest absolute Gasteiger partial charge is 0.230 e. The van der Waals surface area contributed by atoms with E-state index in [4.69, 9.17) is 4.42 Å². The molecule has 0 unspecified atom stereocenters. The molecule has 1 aliphatic carbocycles. The maximum atomic E-state index is 13.1. The molecule has 0 bridgehead atoms. The van der Waals surface area contributed by atoms with Crippen LogP contribution in [0.2, 0.25) is 0 Å². The van der Waals surface area contributed by atoms with Gasteiger partial charge in [0.15, 0.2) is 0 Å². The van der Waals surface area contributed by atoms with Crippen molar-refractivity contribution in [3.63, 3.8) is 0 Å². The van der Waals surface area contributed by atoms with Crippen molar-refractivity contribution in [2.24, 2.45) is 0 Å². The summed E-state index contributed by atoms with van der Waals surface area (Å²) in [5.74, 6) is -0.368. The van der Waals surface area contributed by atoms with Crippen LogP contribution in [-0.4, -0.2) is 15.9 Å². The molecule has 1 aliphatic rings. The van der Waals surface area contributed by atoms with Crippen molar-refractivity contribution in [3.05, 3.63) is 72.3 Å². The van der Waals surface area contributed by atoms with E-state index in [-0.39, 0.29) is 18.3 Å². The lowest BCUT2D eigenvalue weighted by Crippen LogP contribution is -2.34. The van der Waals surface area contributed by atoms with Crippen molar-refractivity contribution in [2.45, 2.75) is 24.8 Å². The number of aromatic nitrogens is 2. The van der Waals surface area contributed by atoms with Gasteiger partial charge in [0.1, 0.15) is 5.82 Å². The van der Waals surface area contributed by atoms with Crippen molar-refractivity contribution >= 4 is 5.91 Å². The van der Waals surface area contributed by atoms with Gasteiger partial charge in [-0.05, 0) is 36.6 Å². The highest BCUT2D eigenvalue weighted by Crippen LogP contribution is 2.48. The van der Waals surface area contributed by atoms with Crippen LogP contribution in [0.4, 0.5) is 4.39 Å². The molecule has 6 heteroatoms. The molecule has 0 atom stereocenters. The normalized spacial score (nSPS) is 14.9. The Morgan fingerprint density at radius 1 is 1.16 bits per heavy atom. The predicted molar refractivity (Wildman–Crippen MR) is 88.9 cm³/mol. The fraction of sp³-hybridized carbons (Fsp3) is 0.211. The molecule has 25 heavy (non-hydrogen) atoms. The number of nitrogens with one attached hydrogen (secondary N) is 1. The van der Waals surface area contributed by atoms with Crippen LogP contribution in [-0.2, 0) is 16.8 Å². The molecule has 4 rings (SSSR count). The van der Waals surface area contributed by atoms with E-state index < -0.39 is 5.41 Å². The second-order valence-corrected chi connectivity index (χ2v) is 6.14. The Hall–Kier alpha value is -3.02. The number of hydrogen-bond donors (Lipinski definition) is 1. The zero-order valence-corrected chi connectivity index (χ0v) is 13.4. The topological polar surface area (TPSA) is 68.0 Å². The van der Waals surface area contributed by atoms with Gasteiger partial charge in [0, 0.05) is 18.0 Å². The van der Waals surface area contributed by atoms with Gasteiger partial charge in [0.2, 0.25) is 5.91 Å². The van der Waals surface area contributed by atoms with Crippen LogP contribution in [0.1, 0.15) is 24.1 Å². The quantitative estimate of drug-likeness (QED) is 0.776. The Bertz CT molecular complexity index is 887. The first kappa shape index (κ1) is 15.5. The van der Waals surface area contributed by atoms with Gasteiger partial charge in [0.25, 0.3) is 0 Å². The predicted octanol–water partition coefficient (Wildman–Crippen LogP) is 3.22. The second kappa shape index (κ2) is 6.12. The van der Waals surface area contributed by atoms with Crippen molar-refractivity contribution < 1.29 is 13.6 Å². The standard InChI is InChI=1S/C19H16FN3O2/c20-15-3-1-14(2-4-15)19(6-7-19)18(24)23-11-16-17(22-9-8-21-16)13-5-10-25-12-13/h1-5,8-10,12H,6-7,11H2,(H,23,24). The minimum atomic E-state index is -0.550. The van der Waals surface area contributed by atoms with Crippen LogP contribution in [0, 0.1) is 5.82 Å². The highest BCUT2D eigenvalue weighted by molar-refractivity contribution is 5.91. The highest BCUT2D eigenvalue weighted by atomic mass is 19.1. The fourth-order valence-electron chi connectivity index (χ4n) is 3.01. The maximum absolute atomic E-state index is 13.1. The molecule has 0 saturated heterocycles. The van der Waals surface area contributed by atoms with Gasteiger partial charge in [-0.3, -0.25) is 14.8 Å². The highest BCUT2D eigenvalue weighted by Gasteiger charge is 2.51. The Balaban J connectivity index is 1.51. The summed E-state index contributed by atoms with van der Waals surface area (Å²) in [7, 11) is 0. The number of hydrogen-bond acceptors (Lipinski definition) is 4. The second-order valence-electron chi connectivity index (χ2n) is 6.14. The van der Waals surface area contributed by atoms with Gasteiger partial charge >= 0.3 is 0 Å². The molecular weight excluding hydrogens is 321 g/mol. The third kappa shape index (κ3) is 2.91. The van der Waals surface area contributed by atoms with Gasteiger partial charge in [-0.1, -0.05) is 12.1 Å². The molecule has 0 radical (unpaired) electrons. The number of carbonyl (C=O) groups is 1. The van der Waals surface area contributed by atoms with Crippen LogP contribution in [0.15, 0.2) is 59.7 Å². The summed E-state index contributed by atoms with van der Waals surface area (Å²) in [4.78, 5) is 21.4. The Morgan fingerprint density at radius 2 is 1.92 bits per heavy atom. The van der Waals surface area contributed by atoms with Crippen molar-refractivity contribution in [2.75, 3.05) is 0 Å². The molecule has 1 aromatic carbocycles. The average molecular weight is 337 g/mol. The number of carbonyl (C=O) groups excluding carboxylic acids is 1. The fourth-order valence-corrected chi connectivity index (χ4v) is 3.01. The van der Waals surface area contributed by atoms with Crippen LogP contribution in [0.25, 0.3) is 11.3 Å².